The van der Waals surface area contributed by atoms with Gasteiger partial charge in [0.1, 0.15) is 11.8 Å². The third-order valence-corrected chi connectivity index (χ3v) is 5.66. The number of aliphatic hydroxyl groups is 1. The van der Waals surface area contributed by atoms with Crippen LogP contribution in [0.15, 0.2) is 23.1 Å². The van der Waals surface area contributed by atoms with Gasteiger partial charge in [-0.2, -0.15) is 4.31 Å². The van der Waals surface area contributed by atoms with Crippen LogP contribution in [0.25, 0.3) is 0 Å². The first-order valence-corrected chi connectivity index (χ1v) is 8.02. The number of sulfonamides is 1. The summed E-state index contributed by atoms with van der Waals surface area (Å²) < 4.78 is 31.4. The number of benzene rings is 1. The van der Waals surface area contributed by atoms with Crippen molar-refractivity contribution in [1.29, 1.82) is 0 Å². The minimum Gasteiger partial charge on any atom is -0.493 e. The van der Waals surface area contributed by atoms with E-state index in [4.69, 9.17) is 9.84 Å². The quantitative estimate of drug-likeness (QED) is 0.803. The molecule has 8 heteroatoms. The highest BCUT2D eigenvalue weighted by atomic mass is 32.2. The van der Waals surface area contributed by atoms with E-state index in [0.717, 1.165) is 9.87 Å². The van der Waals surface area contributed by atoms with Gasteiger partial charge in [0, 0.05) is 19.4 Å². The minimum absolute atomic E-state index is 0.0344. The molecule has 3 rings (SSSR count). The average Bonchev–Trinajstić information content (AvgIpc) is 3.03. The van der Waals surface area contributed by atoms with E-state index in [1.165, 1.54) is 12.1 Å². The van der Waals surface area contributed by atoms with E-state index in [1.807, 2.05) is 0 Å². The largest absolute Gasteiger partial charge is 0.493 e. The van der Waals surface area contributed by atoms with Crippen LogP contribution >= 0.6 is 0 Å². The molecule has 0 aliphatic carbocycles. The molecule has 0 amide bonds. The Morgan fingerprint density at radius 2 is 2.14 bits per heavy atom. The Kier molecular flexibility index (Phi) is 3.39. The zero-order chi connectivity index (χ0) is 15.2. The fourth-order valence-corrected chi connectivity index (χ4v) is 4.41. The monoisotopic (exact) mass is 313 g/mol. The summed E-state index contributed by atoms with van der Waals surface area (Å²) in [7, 11) is -3.95. The molecule has 0 aromatic heterocycles. The SMILES string of the molecule is O=C(O)[C@@H]1C[C@@H](O)CN1S(=O)(=O)c1ccc2c(c1)CCO2. The molecule has 0 unspecified atom stereocenters. The molecule has 2 aliphatic heterocycles. The van der Waals surface area contributed by atoms with Crippen LogP contribution in [0.2, 0.25) is 0 Å². The van der Waals surface area contributed by atoms with E-state index in [-0.39, 0.29) is 17.9 Å². The summed E-state index contributed by atoms with van der Waals surface area (Å²) >= 11 is 0. The highest BCUT2D eigenvalue weighted by Gasteiger charge is 2.43. The summed E-state index contributed by atoms with van der Waals surface area (Å²) in [6.07, 6.45) is -0.426. The third kappa shape index (κ3) is 2.39. The van der Waals surface area contributed by atoms with Crippen LogP contribution in [0, 0.1) is 0 Å². The van der Waals surface area contributed by atoms with Gasteiger partial charge in [0.15, 0.2) is 0 Å². The molecule has 2 N–H and O–H groups in total. The Morgan fingerprint density at radius 3 is 2.86 bits per heavy atom. The molecule has 2 atom stereocenters. The lowest BCUT2D eigenvalue weighted by molar-refractivity contribution is -0.140. The predicted molar refractivity (Wildman–Crippen MR) is 71.6 cm³/mol. The van der Waals surface area contributed by atoms with Gasteiger partial charge in [0.2, 0.25) is 10.0 Å². The number of fused-ring (bicyclic) bond motifs is 1. The van der Waals surface area contributed by atoms with Crippen molar-refractivity contribution in [2.24, 2.45) is 0 Å². The van der Waals surface area contributed by atoms with E-state index in [2.05, 4.69) is 0 Å². The molecular formula is C13H15NO6S. The Balaban J connectivity index is 1.98. The van der Waals surface area contributed by atoms with Crippen molar-refractivity contribution in [3.63, 3.8) is 0 Å². The highest BCUT2D eigenvalue weighted by molar-refractivity contribution is 7.89. The van der Waals surface area contributed by atoms with E-state index in [0.29, 0.717) is 18.8 Å². The molecule has 2 aliphatic rings. The molecule has 0 saturated carbocycles. The van der Waals surface area contributed by atoms with Gasteiger partial charge in [-0.15, -0.1) is 0 Å². The average molecular weight is 313 g/mol. The summed E-state index contributed by atoms with van der Waals surface area (Å²) in [5.74, 6) is -0.593. The van der Waals surface area contributed by atoms with Crippen LogP contribution in [0.1, 0.15) is 12.0 Å². The zero-order valence-corrected chi connectivity index (χ0v) is 11.9. The van der Waals surface area contributed by atoms with E-state index in [1.54, 1.807) is 6.07 Å². The number of aliphatic carboxylic acids is 1. The normalized spacial score (nSPS) is 25.6. The van der Waals surface area contributed by atoms with Gasteiger partial charge in [-0.3, -0.25) is 4.79 Å². The van der Waals surface area contributed by atoms with Crippen LogP contribution in [0.5, 0.6) is 5.75 Å². The van der Waals surface area contributed by atoms with Gasteiger partial charge in [-0.05, 0) is 23.8 Å². The zero-order valence-electron chi connectivity index (χ0n) is 11.1. The molecular weight excluding hydrogens is 298 g/mol. The summed E-state index contributed by atoms with van der Waals surface area (Å²) in [5, 5.41) is 18.7. The minimum atomic E-state index is -3.95. The van der Waals surface area contributed by atoms with Gasteiger partial charge < -0.3 is 14.9 Å². The maximum atomic E-state index is 12.6. The first kappa shape index (κ1) is 14.3. The number of aliphatic hydroxyl groups excluding tert-OH is 1. The maximum Gasteiger partial charge on any atom is 0.322 e. The Morgan fingerprint density at radius 1 is 1.38 bits per heavy atom. The smallest absolute Gasteiger partial charge is 0.322 e. The number of rotatable bonds is 3. The molecule has 21 heavy (non-hydrogen) atoms. The lowest BCUT2D eigenvalue weighted by Gasteiger charge is -2.21. The first-order valence-electron chi connectivity index (χ1n) is 6.58. The fraction of sp³-hybridized carbons (Fsp3) is 0.462. The molecule has 7 nitrogen and oxygen atoms in total. The Labute approximate surface area is 121 Å². The molecule has 1 saturated heterocycles. The second kappa shape index (κ2) is 4.97. The van der Waals surface area contributed by atoms with Crippen molar-refractivity contribution in [1.82, 2.24) is 4.31 Å². The molecule has 2 heterocycles. The van der Waals surface area contributed by atoms with Gasteiger partial charge in [-0.1, -0.05) is 0 Å². The molecule has 0 spiro atoms. The topological polar surface area (TPSA) is 104 Å². The number of carboxylic acid groups (broad SMARTS) is 1. The molecule has 1 fully saturated rings. The van der Waals surface area contributed by atoms with Crippen LogP contribution in [0.3, 0.4) is 0 Å². The number of nitrogens with zero attached hydrogens (tertiary/aromatic N) is 1. The van der Waals surface area contributed by atoms with Crippen molar-refractivity contribution in [2.75, 3.05) is 13.2 Å². The summed E-state index contributed by atoms with van der Waals surface area (Å²) in [6, 6.07) is 3.27. The maximum absolute atomic E-state index is 12.6. The number of β-amino-alcohol motifs (C(OH)–C–C–N with tert-alkyl or cyclic N) is 1. The number of hydrogen-bond donors (Lipinski definition) is 2. The number of hydrogen-bond acceptors (Lipinski definition) is 5. The lowest BCUT2D eigenvalue weighted by Crippen LogP contribution is -2.40. The molecule has 0 bridgehead atoms. The van der Waals surface area contributed by atoms with Crippen molar-refractivity contribution < 1.29 is 28.2 Å². The van der Waals surface area contributed by atoms with E-state index < -0.39 is 28.1 Å². The van der Waals surface area contributed by atoms with Gasteiger partial charge in [0.25, 0.3) is 0 Å². The van der Waals surface area contributed by atoms with Crippen molar-refractivity contribution >= 4 is 16.0 Å². The van der Waals surface area contributed by atoms with E-state index >= 15 is 0 Å². The third-order valence-electron chi connectivity index (χ3n) is 3.79. The molecule has 0 radical (unpaired) electrons. The van der Waals surface area contributed by atoms with Crippen LogP contribution < -0.4 is 4.74 Å². The molecule has 114 valence electrons. The Bertz CT molecular complexity index is 686. The van der Waals surface area contributed by atoms with Gasteiger partial charge in [-0.25, -0.2) is 8.42 Å². The second-order valence-electron chi connectivity index (χ2n) is 5.19. The van der Waals surface area contributed by atoms with Gasteiger partial charge in [0.05, 0.1) is 17.6 Å². The summed E-state index contributed by atoms with van der Waals surface area (Å²) in [5.41, 5.74) is 0.794. The van der Waals surface area contributed by atoms with Crippen molar-refractivity contribution in [2.45, 2.75) is 29.9 Å². The van der Waals surface area contributed by atoms with Crippen LogP contribution in [0.4, 0.5) is 0 Å². The lowest BCUT2D eigenvalue weighted by atomic mass is 10.2. The van der Waals surface area contributed by atoms with Gasteiger partial charge >= 0.3 is 5.97 Å². The first-order chi connectivity index (χ1) is 9.89. The summed E-state index contributed by atoms with van der Waals surface area (Å²) in [4.78, 5) is 11.2. The van der Waals surface area contributed by atoms with E-state index in [9.17, 15) is 18.3 Å². The molecule has 1 aromatic rings. The number of carbonyl (C=O) groups is 1. The van der Waals surface area contributed by atoms with Crippen molar-refractivity contribution in [3.8, 4) is 5.75 Å². The summed E-state index contributed by atoms with van der Waals surface area (Å²) in [6.45, 7) is 0.311. The van der Waals surface area contributed by atoms with Crippen LogP contribution in [-0.4, -0.2) is 54.2 Å². The van der Waals surface area contributed by atoms with Crippen molar-refractivity contribution in [3.05, 3.63) is 23.8 Å². The highest BCUT2D eigenvalue weighted by Crippen LogP contribution is 2.31. The number of carboxylic acids is 1. The van der Waals surface area contributed by atoms with Crippen LogP contribution in [-0.2, 0) is 21.2 Å². The standard InChI is InChI=1S/C13H15NO6S/c15-9-6-11(13(16)17)14(7-9)21(18,19)10-1-2-12-8(5-10)3-4-20-12/h1-2,5,9,11,15H,3-4,6-7H2,(H,16,17)/t9-,11+/m1/s1. The number of ether oxygens (including phenoxy) is 1. The Hall–Kier alpha value is -1.64. The second-order valence-corrected chi connectivity index (χ2v) is 7.08. The fourth-order valence-electron chi connectivity index (χ4n) is 2.73. The molecule has 1 aromatic carbocycles. The predicted octanol–water partition coefficient (Wildman–Crippen LogP) is -0.170.